The highest BCUT2D eigenvalue weighted by molar-refractivity contribution is 6.30. The molecule has 2 aromatic carbocycles. The molecule has 7 N–H and O–H groups in total. The van der Waals surface area contributed by atoms with Crippen LogP contribution in [0.2, 0.25) is 5.02 Å². The number of carbonyl (C=O) groups is 12. The van der Waals surface area contributed by atoms with E-state index in [9.17, 15) is 39.0 Å². The Morgan fingerprint density at radius 3 is 1.51 bits per heavy atom. The Labute approximate surface area is 614 Å². The van der Waals surface area contributed by atoms with Crippen molar-refractivity contribution in [1.29, 1.82) is 0 Å². The van der Waals surface area contributed by atoms with Gasteiger partial charge in [-0.05, 0) is 118 Å². The largest absolute Gasteiger partial charge is 0.393 e. The third kappa shape index (κ3) is 26.7. The summed E-state index contributed by atoms with van der Waals surface area (Å²) in [4.78, 5) is 189. The molecule has 4 rings (SSSR count). The number of aliphatic hydroxyl groups is 2. The molecule has 2 aromatic rings. The molecule has 2 saturated heterocycles. The fourth-order valence-electron chi connectivity index (χ4n) is 12.8. The van der Waals surface area contributed by atoms with Crippen molar-refractivity contribution < 1.29 is 72.5 Å². The van der Waals surface area contributed by atoms with Gasteiger partial charge in [0.05, 0.1) is 31.8 Å². The van der Waals surface area contributed by atoms with Crippen LogP contribution in [-0.4, -0.2) is 263 Å². The normalized spacial score (nSPS) is 25.0. The van der Waals surface area contributed by atoms with Crippen molar-refractivity contribution in [2.75, 3.05) is 75.1 Å². The van der Waals surface area contributed by atoms with E-state index in [1.807, 2.05) is 55.4 Å². The molecule has 0 bridgehead atoms. The van der Waals surface area contributed by atoms with Gasteiger partial charge in [0.15, 0.2) is 0 Å². The summed E-state index contributed by atoms with van der Waals surface area (Å²) in [5, 5.41) is 35.7. The molecule has 2 aliphatic rings. The smallest absolute Gasteiger partial charge is 0.248 e. The number of carbonyl (C=O) groups excluding carboxylic acids is 12. The maximum atomic E-state index is 15.6. The first-order valence-corrected chi connectivity index (χ1v) is 36.7. The number of hydrogen-bond donors (Lipinski definition) is 7. The van der Waals surface area contributed by atoms with Crippen molar-refractivity contribution in [3.05, 3.63) is 70.7 Å². The highest BCUT2D eigenvalue weighted by atomic mass is 35.5. The van der Waals surface area contributed by atoms with E-state index < -0.39 is 169 Å². The van der Waals surface area contributed by atoms with Gasteiger partial charge in [-0.1, -0.05) is 123 Å². The van der Waals surface area contributed by atoms with Crippen LogP contribution in [0.5, 0.6) is 0 Å². The maximum Gasteiger partial charge on any atom is 0.248 e. The summed E-state index contributed by atoms with van der Waals surface area (Å²) < 4.78 is 5.96. The zero-order valence-electron chi connectivity index (χ0n) is 64.0. The van der Waals surface area contributed by atoms with Crippen LogP contribution in [0.4, 0.5) is 0 Å². The minimum atomic E-state index is -1.68. The molecule has 0 radical (unpaired) electrons. The molecular formula is C75H119ClN12O15. The van der Waals surface area contributed by atoms with Crippen molar-refractivity contribution in [2.24, 2.45) is 29.6 Å². The van der Waals surface area contributed by atoms with Crippen LogP contribution < -0.4 is 26.6 Å². The fourth-order valence-corrected chi connectivity index (χ4v) is 13.0. The molecule has 576 valence electrons. The molecule has 27 nitrogen and oxygen atoms in total. The van der Waals surface area contributed by atoms with Gasteiger partial charge < -0.3 is 75.8 Å². The van der Waals surface area contributed by atoms with Crippen LogP contribution in [0.15, 0.2) is 54.6 Å². The van der Waals surface area contributed by atoms with Gasteiger partial charge >= 0.3 is 0 Å². The number of halogens is 1. The van der Waals surface area contributed by atoms with Gasteiger partial charge in [-0.15, -0.1) is 0 Å². The average molecular weight is 1460 g/mol. The Morgan fingerprint density at radius 2 is 0.981 bits per heavy atom. The van der Waals surface area contributed by atoms with Gasteiger partial charge in [-0.3, -0.25) is 57.5 Å². The molecule has 2 heterocycles. The average Bonchev–Trinajstić information content (AvgIpc) is 0.819. The fraction of sp³-hybridized carbons (Fsp3) is 0.680. The Hall–Kier alpha value is -7.75. The molecule has 12 amide bonds. The number of nitrogens with one attached hydrogen (secondary N) is 5. The molecule has 28 heteroatoms. The van der Waals surface area contributed by atoms with E-state index in [-0.39, 0.29) is 75.2 Å². The molecule has 2 aliphatic heterocycles. The van der Waals surface area contributed by atoms with Gasteiger partial charge in [0.25, 0.3) is 0 Å². The highest BCUT2D eigenvalue weighted by Gasteiger charge is 2.44. The van der Waals surface area contributed by atoms with E-state index in [0.717, 1.165) is 21.1 Å². The minimum Gasteiger partial charge on any atom is -0.393 e. The molecule has 0 spiro atoms. The number of likely N-dealkylation sites (N-methyl/N-ethyl adjacent to an activating group) is 6. The topological polar surface area (TPSA) is 337 Å². The summed E-state index contributed by atoms with van der Waals surface area (Å²) in [6.07, 6.45) is -0.861. The van der Waals surface area contributed by atoms with E-state index in [4.69, 9.17) is 16.3 Å². The van der Waals surface area contributed by atoms with Crippen molar-refractivity contribution in [1.82, 2.24) is 60.9 Å². The highest BCUT2D eigenvalue weighted by Crippen LogP contribution is 2.24. The summed E-state index contributed by atoms with van der Waals surface area (Å²) in [6, 6.07) is 1.29. The van der Waals surface area contributed by atoms with E-state index >= 15 is 28.8 Å². The molecule has 0 aliphatic carbocycles. The second kappa shape index (κ2) is 41.7. The Balaban J connectivity index is 2.01. The molecule has 0 saturated carbocycles. The van der Waals surface area contributed by atoms with Crippen LogP contribution >= 0.6 is 11.6 Å². The van der Waals surface area contributed by atoms with Crippen molar-refractivity contribution >= 4 is 82.5 Å². The van der Waals surface area contributed by atoms with Gasteiger partial charge in [0, 0.05) is 79.8 Å². The number of benzene rings is 2. The summed E-state index contributed by atoms with van der Waals surface area (Å²) >= 11 is 6.53. The molecule has 1 unspecified atom stereocenters. The van der Waals surface area contributed by atoms with Gasteiger partial charge in [0.2, 0.25) is 70.9 Å². The monoisotopic (exact) mass is 1460 g/mol. The van der Waals surface area contributed by atoms with Crippen molar-refractivity contribution in [3.8, 4) is 0 Å². The van der Waals surface area contributed by atoms with Crippen LogP contribution in [-0.2, 0) is 75.1 Å². The first-order valence-electron chi connectivity index (χ1n) is 36.3. The van der Waals surface area contributed by atoms with E-state index in [0.29, 0.717) is 42.1 Å². The number of hydrogen-bond acceptors (Lipinski definition) is 15. The molecule has 0 aromatic heterocycles. The lowest BCUT2D eigenvalue weighted by molar-refractivity contribution is -0.151. The lowest BCUT2D eigenvalue weighted by Gasteiger charge is -2.37. The Bertz CT molecular complexity index is 3180. The number of likely N-dealkylation sites (tertiary alicyclic amines) is 1. The predicted molar refractivity (Wildman–Crippen MR) is 392 cm³/mol. The second-order valence-electron chi connectivity index (χ2n) is 30.1. The Kier molecular flexibility index (Phi) is 35.5. The zero-order chi connectivity index (χ0) is 77.4. The van der Waals surface area contributed by atoms with Crippen LogP contribution in [0.1, 0.15) is 152 Å². The van der Waals surface area contributed by atoms with Gasteiger partial charge in [-0.2, -0.15) is 0 Å². The molecule has 103 heavy (non-hydrogen) atoms. The second-order valence-corrected chi connectivity index (χ2v) is 30.6. The number of ether oxygens (including phenoxy) is 1. The van der Waals surface area contributed by atoms with Crippen LogP contribution in [0.25, 0.3) is 0 Å². The maximum absolute atomic E-state index is 15.6. The SMILES string of the molecule is CC(C)C[C@@H]1NC(=O)[C@H](Cc2ccccc2)N(C)C(=O)[C@@H](C(C)C)NC(=O)C[C@@H](C(=O)N2CCCCC2)NC(=O)[C@H](CC(C)C)N(C)C(=O)[C@H](Cc2cccc(Cl)c2)N(C)C(=O)[C@H](COCC[C@@H](C)O)NC(=O)[C@H](CC(C)C)N(C)C(=O)CN(C)C(=O)[C@H](C(C)O)NC(=O)[C@H](CC(C)C)N(C)C1=O. The number of piperidine rings is 1. The third-order valence-corrected chi connectivity index (χ3v) is 19.1. The minimum absolute atomic E-state index is 0.0170. The number of nitrogens with zero attached hydrogens (tertiary/aromatic N) is 7. The van der Waals surface area contributed by atoms with E-state index in [2.05, 4.69) is 26.6 Å². The molecular weight excluding hydrogens is 1340 g/mol. The summed E-state index contributed by atoms with van der Waals surface area (Å²) in [7, 11) is 8.16. The quantitative estimate of drug-likeness (QED) is 0.0932. The summed E-state index contributed by atoms with van der Waals surface area (Å²) in [6.45, 7) is 20.2. The number of aliphatic hydroxyl groups excluding tert-OH is 2. The van der Waals surface area contributed by atoms with Crippen LogP contribution in [0, 0.1) is 29.6 Å². The number of amides is 12. The lowest BCUT2D eigenvalue weighted by atomic mass is 9.96. The molecule has 12 atom stereocenters. The van der Waals surface area contributed by atoms with Crippen molar-refractivity contribution in [2.45, 2.75) is 226 Å². The van der Waals surface area contributed by atoms with Gasteiger partial charge in [0.1, 0.15) is 60.4 Å². The van der Waals surface area contributed by atoms with E-state index in [1.54, 1.807) is 80.3 Å². The predicted octanol–water partition coefficient (Wildman–Crippen LogP) is 3.57. The van der Waals surface area contributed by atoms with E-state index in [1.165, 1.54) is 63.9 Å². The van der Waals surface area contributed by atoms with Crippen molar-refractivity contribution in [3.63, 3.8) is 0 Å². The first kappa shape index (κ1) is 87.7. The zero-order valence-corrected chi connectivity index (χ0v) is 64.8. The first-order chi connectivity index (χ1) is 48.2. The Morgan fingerprint density at radius 1 is 0.505 bits per heavy atom. The number of rotatable bonds is 20. The molecule has 2 fully saturated rings. The lowest BCUT2D eigenvalue weighted by Crippen LogP contribution is -2.62. The summed E-state index contributed by atoms with van der Waals surface area (Å²) in [5.74, 6) is -10.9. The standard InChI is InChI=1S/C75H119ClN12O15/c1-44(2)34-54-70(97)84(15)59(37-47(7)8)69(96)81-65(50(12)90)74(101)82(13)42-63(92)83(14)57(35-45(3)4)66(93)79-56(43-103-33-30-49(11)89)71(98)87(18)61(40-52-28-25-29-53(76)38-52)73(100)85(16)58(36-46(5)6)67(94)78-55(72(99)88-31-23-20-24-32-88)41-62(91)80-64(48(9)10)75(102)86(17)60(68(95)77-54)39-51-26-21-19-22-27-51/h19,21-22,25-29,38,44-50,54-61,64-65,89-90H,20,23-24,30-37,39-43H2,1-18H3,(H,77,95)(H,78,94)(H,79,93)(H,80,91)(H,81,96)/t49-,50?,54+,55+,56+,57+,58+,59+,60+,61+,64-,65+/m1/s1. The van der Waals surface area contributed by atoms with Crippen LogP contribution in [0.3, 0.4) is 0 Å². The van der Waals surface area contributed by atoms with Gasteiger partial charge in [-0.25, -0.2) is 0 Å². The third-order valence-electron chi connectivity index (χ3n) is 18.9. The summed E-state index contributed by atoms with van der Waals surface area (Å²) in [5.41, 5.74) is 1.14.